The minimum Gasteiger partial charge on any atom is -0.333 e. The van der Waals surface area contributed by atoms with Gasteiger partial charge in [-0.1, -0.05) is 6.07 Å². The Balaban J connectivity index is 0.00000210. The number of anilines is 2. The fourth-order valence-electron chi connectivity index (χ4n) is 3.56. The first-order valence-corrected chi connectivity index (χ1v) is 9.11. The molecule has 0 radical (unpaired) electrons. The summed E-state index contributed by atoms with van der Waals surface area (Å²) < 4.78 is 2.04. The maximum absolute atomic E-state index is 12.6. The Morgan fingerprint density at radius 2 is 2.07 bits per heavy atom. The Kier molecular flexibility index (Phi) is 5.82. The fraction of sp³-hybridized carbons (Fsp3) is 0.421. The van der Waals surface area contributed by atoms with E-state index in [1.807, 2.05) is 35.9 Å². The van der Waals surface area contributed by atoms with Crippen LogP contribution in [0.5, 0.6) is 0 Å². The number of hydrogen-bond acceptors (Lipinski definition) is 4. The molecule has 1 saturated heterocycles. The van der Waals surface area contributed by atoms with E-state index in [-0.39, 0.29) is 24.2 Å². The van der Waals surface area contributed by atoms with Crippen molar-refractivity contribution in [2.75, 3.05) is 29.9 Å². The van der Waals surface area contributed by atoms with Gasteiger partial charge in [0.05, 0.1) is 0 Å². The van der Waals surface area contributed by atoms with Crippen LogP contribution in [0.25, 0.3) is 0 Å². The first-order chi connectivity index (χ1) is 12.6. The molecule has 144 valence electrons. The summed E-state index contributed by atoms with van der Waals surface area (Å²) in [6.45, 7) is 5.30. The molecule has 27 heavy (non-hydrogen) atoms. The lowest BCUT2D eigenvalue weighted by Gasteiger charge is -2.19. The summed E-state index contributed by atoms with van der Waals surface area (Å²) in [6, 6.07) is 5.67. The molecule has 0 saturated carbocycles. The highest BCUT2D eigenvalue weighted by Crippen LogP contribution is 2.28. The molecule has 8 heteroatoms. The predicted octanol–water partition coefficient (Wildman–Crippen LogP) is 2.14. The zero-order chi connectivity index (χ0) is 18.1. The van der Waals surface area contributed by atoms with E-state index in [0.29, 0.717) is 17.8 Å². The molecular formula is C19H24ClN5O2. The molecule has 4 rings (SSSR count). The number of carbonyl (C=O) groups excluding carboxylic acids is 2. The average molecular weight is 390 g/mol. The van der Waals surface area contributed by atoms with Crippen molar-refractivity contribution in [1.82, 2.24) is 14.9 Å². The molecule has 7 nitrogen and oxygen atoms in total. The summed E-state index contributed by atoms with van der Waals surface area (Å²) in [5.41, 5.74) is 3.01. The largest absolute Gasteiger partial charge is 0.333 e. The van der Waals surface area contributed by atoms with Gasteiger partial charge in [0.2, 0.25) is 5.91 Å². The second-order valence-corrected chi connectivity index (χ2v) is 6.84. The number of benzene rings is 1. The van der Waals surface area contributed by atoms with Crippen LogP contribution in [0.2, 0.25) is 0 Å². The third-order valence-corrected chi connectivity index (χ3v) is 4.98. The van der Waals surface area contributed by atoms with Gasteiger partial charge in [0.1, 0.15) is 11.5 Å². The number of aromatic nitrogens is 2. The quantitative estimate of drug-likeness (QED) is 0.842. The number of nitrogens with zero attached hydrogens (tertiary/aromatic N) is 3. The molecule has 0 atom stereocenters. The van der Waals surface area contributed by atoms with Crippen molar-refractivity contribution >= 4 is 35.6 Å². The normalized spacial score (nSPS) is 16.5. The molecule has 0 aliphatic carbocycles. The van der Waals surface area contributed by atoms with Crippen molar-refractivity contribution in [3.05, 3.63) is 41.5 Å². The first-order valence-electron chi connectivity index (χ1n) is 9.11. The van der Waals surface area contributed by atoms with Gasteiger partial charge >= 0.3 is 0 Å². The highest BCUT2D eigenvalue weighted by atomic mass is 35.5. The van der Waals surface area contributed by atoms with Crippen LogP contribution in [0.4, 0.5) is 11.4 Å². The Labute approximate surface area is 164 Å². The summed E-state index contributed by atoms with van der Waals surface area (Å²) >= 11 is 0. The smallest absolute Gasteiger partial charge is 0.275 e. The van der Waals surface area contributed by atoms with E-state index in [0.717, 1.165) is 56.1 Å². The summed E-state index contributed by atoms with van der Waals surface area (Å²) in [7, 11) is 0. The van der Waals surface area contributed by atoms with Gasteiger partial charge in [-0.05, 0) is 31.0 Å². The second kappa shape index (κ2) is 8.10. The van der Waals surface area contributed by atoms with Gasteiger partial charge in [-0.25, -0.2) is 4.98 Å². The monoisotopic (exact) mass is 389 g/mol. The number of amides is 2. The van der Waals surface area contributed by atoms with Crippen LogP contribution in [0.3, 0.4) is 0 Å². The van der Waals surface area contributed by atoms with E-state index in [9.17, 15) is 9.59 Å². The van der Waals surface area contributed by atoms with Gasteiger partial charge in [0.25, 0.3) is 5.91 Å². The van der Waals surface area contributed by atoms with E-state index in [2.05, 4.69) is 15.6 Å². The van der Waals surface area contributed by atoms with Gasteiger partial charge in [-0.3, -0.25) is 9.59 Å². The van der Waals surface area contributed by atoms with E-state index in [4.69, 9.17) is 0 Å². The van der Waals surface area contributed by atoms with Crippen LogP contribution in [0.15, 0.2) is 24.4 Å². The number of hydrogen-bond donors (Lipinski definition) is 2. The van der Waals surface area contributed by atoms with Gasteiger partial charge in [0, 0.05) is 56.6 Å². The van der Waals surface area contributed by atoms with E-state index in [1.165, 1.54) is 0 Å². The standard InChI is InChI=1S/C19H23N5O2.ClH/c1-13-4-5-14(11-16(13)24-9-2-3-18(24)25)21-19(26)15-12-23-10-8-20-7-6-17(23)22-15;/h4-5,11-12,20H,2-3,6-10H2,1H3,(H,21,26);1H. The van der Waals surface area contributed by atoms with Crippen LogP contribution in [0, 0.1) is 6.92 Å². The molecule has 2 aromatic rings. The van der Waals surface area contributed by atoms with Crippen LogP contribution >= 0.6 is 12.4 Å². The number of imidazole rings is 1. The molecule has 2 N–H and O–H groups in total. The van der Waals surface area contributed by atoms with Crippen molar-refractivity contribution in [2.45, 2.75) is 32.7 Å². The number of rotatable bonds is 3. The van der Waals surface area contributed by atoms with Crippen LogP contribution in [0.1, 0.15) is 34.7 Å². The Bertz CT molecular complexity index is 840. The molecule has 0 spiro atoms. The van der Waals surface area contributed by atoms with Gasteiger partial charge in [-0.15, -0.1) is 12.4 Å². The minimum absolute atomic E-state index is 0. The van der Waals surface area contributed by atoms with Gasteiger partial charge in [0.15, 0.2) is 0 Å². The topological polar surface area (TPSA) is 79.3 Å². The molecule has 2 aliphatic heterocycles. The molecule has 1 aromatic carbocycles. The number of nitrogens with one attached hydrogen (secondary N) is 2. The summed E-state index contributed by atoms with van der Waals surface area (Å²) in [5.74, 6) is 0.858. The van der Waals surface area contributed by atoms with Crippen molar-refractivity contribution in [3.8, 4) is 0 Å². The maximum Gasteiger partial charge on any atom is 0.275 e. The van der Waals surface area contributed by atoms with E-state index in [1.54, 1.807) is 4.90 Å². The van der Waals surface area contributed by atoms with Gasteiger partial charge in [-0.2, -0.15) is 0 Å². The highest BCUT2D eigenvalue weighted by Gasteiger charge is 2.23. The van der Waals surface area contributed by atoms with Crippen molar-refractivity contribution in [1.29, 1.82) is 0 Å². The average Bonchev–Trinajstić information content (AvgIpc) is 3.17. The second-order valence-electron chi connectivity index (χ2n) is 6.84. The number of halogens is 1. The third-order valence-electron chi connectivity index (χ3n) is 4.98. The Hall–Kier alpha value is -2.38. The predicted molar refractivity (Wildman–Crippen MR) is 107 cm³/mol. The molecule has 2 aliphatic rings. The lowest BCUT2D eigenvalue weighted by Crippen LogP contribution is -2.24. The molecule has 0 unspecified atom stereocenters. The zero-order valence-electron chi connectivity index (χ0n) is 15.3. The van der Waals surface area contributed by atoms with Crippen LogP contribution in [-0.2, 0) is 17.8 Å². The zero-order valence-corrected chi connectivity index (χ0v) is 16.1. The SMILES string of the molecule is Cc1ccc(NC(=O)c2cn3c(n2)CCNCC3)cc1N1CCCC1=O.Cl. The number of carbonyl (C=O) groups is 2. The lowest BCUT2D eigenvalue weighted by molar-refractivity contribution is -0.117. The fourth-order valence-corrected chi connectivity index (χ4v) is 3.56. The lowest BCUT2D eigenvalue weighted by atomic mass is 10.1. The summed E-state index contributed by atoms with van der Waals surface area (Å²) in [5, 5.41) is 6.24. The third kappa shape index (κ3) is 3.99. The van der Waals surface area contributed by atoms with Crippen LogP contribution in [-0.4, -0.2) is 41.0 Å². The van der Waals surface area contributed by atoms with Crippen molar-refractivity contribution < 1.29 is 9.59 Å². The summed E-state index contributed by atoms with van der Waals surface area (Å²) in [4.78, 5) is 30.9. The summed E-state index contributed by atoms with van der Waals surface area (Å²) in [6.07, 6.45) is 4.10. The number of aryl methyl sites for hydroxylation is 1. The first kappa shape index (κ1) is 19.4. The molecule has 1 fully saturated rings. The van der Waals surface area contributed by atoms with Gasteiger partial charge < -0.3 is 20.1 Å². The molecule has 3 heterocycles. The maximum atomic E-state index is 12.6. The van der Waals surface area contributed by atoms with Crippen molar-refractivity contribution in [3.63, 3.8) is 0 Å². The molecular weight excluding hydrogens is 366 g/mol. The van der Waals surface area contributed by atoms with Crippen LogP contribution < -0.4 is 15.5 Å². The number of fused-ring (bicyclic) bond motifs is 1. The minimum atomic E-state index is -0.221. The Morgan fingerprint density at radius 3 is 2.85 bits per heavy atom. The van der Waals surface area contributed by atoms with E-state index >= 15 is 0 Å². The van der Waals surface area contributed by atoms with Crippen molar-refractivity contribution in [2.24, 2.45) is 0 Å². The Morgan fingerprint density at radius 1 is 1.22 bits per heavy atom. The molecule has 2 amide bonds. The van der Waals surface area contributed by atoms with E-state index < -0.39 is 0 Å². The molecule has 1 aromatic heterocycles. The highest BCUT2D eigenvalue weighted by molar-refractivity contribution is 6.03. The molecule has 0 bridgehead atoms.